The van der Waals surface area contributed by atoms with Gasteiger partial charge in [0.1, 0.15) is 5.75 Å². The Morgan fingerprint density at radius 2 is 2.24 bits per heavy atom. The van der Waals surface area contributed by atoms with Crippen molar-refractivity contribution in [2.24, 2.45) is 0 Å². The molecule has 2 rings (SSSR count). The third-order valence-electron chi connectivity index (χ3n) is 3.38. The number of amides is 1. The molecule has 0 spiro atoms. The van der Waals surface area contributed by atoms with E-state index in [2.05, 4.69) is 0 Å². The third-order valence-corrected chi connectivity index (χ3v) is 3.38. The van der Waals surface area contributed by atoms with Crippen molar-refractivity contribution in [1.82, 2.24) is 4.90 Å². The topological polar surface area (TPSA) is 85.0 Å². The van der Waals surface area contributed by atoms with Gasteiger partial charge in [-0.25, -0.2) is 0 Å². The lowest BCUT2D eigenvalue weighted by Gasteiger charge is -2.42. The Bertz CT molecular complexity index is 530. The fraction of sp³-hybridized carbons (Fsp3) is 0.533. The van der Waals surface area contributed by atoms with Crippen molar-refractivity contribution in [2.75, 3.05) is 32.5 Å². The number of nitrogen functional groups attached to an aromatic ring is 1. The summed E-state index contributed by atoms with van der Waals surface area (Å²) < 4.78 is 10.9. The molecule has 0 aromatic heterocycles. The fourth-order valence-electron chi connectivity index (χ4n) is 2.59. The van der Waals surface area contributed by atoms with E-state index in [1.54, 1.807) is 23.1 Å². The molecule has 6 heteroatoms. The van der Waals surface area contributed by atoms with Crippen LogP contribution in [0.1, 0.15) is 24.2 Å². The molecule has 1 aromatic rings. The molecule has 3 N–H and O–H groups in total. The molecule has 21 heavy (non-hydrogen) atoms. The molecule has 1 amide bonds. The maximum atomic E-state index is 12.6. The third kappa shape index (κ3) is 3.65. The first-order valence-corrected chi connectivity index (χ1v) is 6.87. The lowest BCUT2D eigenvalue weighted by atomic mass is 10.0. The maximum absolute atomic E-state index is 12.6. The SMILES string of the molecule is COc1cc(N)cc(C(=O)N2CC(CO)OC(C)(C)C2)c1. The molecule has 1 unspecified atom stereocenters. The Kier molecular flexibility index (Phi) is 4.39. The van der Waals surface area contributed by atoms with Gasteiger partial charge in [0.05, 0.1) is 25.4 Å². The highest BCUT2D eigenvalue weighted by Crippen LogP contribution is 2.25. The number of carbonyl (C=O) groups is 1. The molecule has 0 bridgehead atoms. The summed E-state index contributed by atoms with van der Waals surface area (Å²) in [7, 11) is 1.53. The number of hydrogen-bond donors (Lipinski definition) is 2. The Morgan fingerprint density at radius 3 is 2.86 bits per heavy atom. The predicted octanol–water partition coefficient (Wildman–Crippen LogP) is 0.889. The number of hydrogen-bond acceptors (Lipinski definition) is 5. The lowest BCUT2D eigenvalue weighted by molar-refractivity contribution is -0.139. The van der Waals surface area contributed by atoms with Gasteiger partial charge in [0.2, 0.25) is 0 Å². The minimum absolute atomic E-state index is 0.118. The zero-order valence-electron chi connectivity index (χ0n) is 12.6. The number of rotatable bonds is 3. The predicted molar refractivity (Wildman–Crippen MR) is 79.3 cm³/mol. The number of anilines is 1. The van der Waals surface area contributed by atoms with E-state index in [4.69, 9.17) is 15.2 Å². The summed E-state index contributed by atoms with van der Waals surface area (Å²) in [5.41, 5.74) is 6.25. The van der Waals surface area contributed by atoms with Gasteiger partial charge < -0.3 is 25.2 Å². The molecular formula is C15H22N2O4. The van der Waals surface area contributed by atoms with Gasteiger partial charge in [-0.15, -0.1) is 0 Å². The van der Waals surface area contributed by atoms with Gasteiger partial charge in [-0.05, 0) is 26.0 Å². The summed E-state index contributed by atoms with van der Waals surface area (Å²) in [6.07, 6.45) is -0.374. The highest BCUT2D eigenvalue weighted by molar-refractivity contribution is 5.95. The van der Waals surface area contributed by atoms with Crippen molar-refractivity contribution < 1.29 is 19.4 Å². The second-order valence-electron chi connectivity index (χ2n) is 5.86. The summed E-state index contributed by atoms with van der Waals surface area (Å²) in [6.45, 7) is 4.49. The Morgan fingerprint density at radius 1 is 1.52 bits per heavy atom. The summed E-state index contributed by atoms with van der Waals surface area (Å²) in [5, 5.41) is 9.32. The molecule has 1 aromatic carbocycles. The highest BCUT2D eigenvalue weighted by Gasteiger charge is 2.35. The average molecular weight is 294 g/mol. The maximum Gasteiger partial charge on any atom is 0.254 e. The average Bonchev–Trinajstić information content (AvgIpc) is 2.43. The smallest absolute Gasteiger partial charge is 0.254 e. The summed E-state index contributed by atoms with van der Waals surface area (Å²) >= 11 is 0. The van der Waals surface area contributed by atoms with Crippen molar-refractivity contribution >= 4 is 11.6 Å². The first-order valence-electron chi connectivity index (χ1n) is 6.87. The number of carbonyl (C=O) groups excluding carboxylic acids is 1. The van der Waals surface area contributed by atoms with Gasteiger partial charge in [0.25, 0.3) is 5.91 Å². The monoisotopic (exact) mass is 294 g/mol. The van der Waals surface area contributed by atoms with Gasteiger partial charge in [0.15, 0.2) is 0 Å². The first-order chi connectivity index (χ1) is 9.84. The highest BCUT2D eigenvalue weighted by atomic mass is 16.5. The summed E-state index contributed by atoms with van der Waals surface area (Å²) in [4.78, 5) is 14.3. The van der Waals surface area contributed by atoms with E-state index in [1.165, 1.54) is 7.11 Å². The van der Waals surface area contributed by atoms with Crippen LogP contribution in [0.3, 0.4) is 0 Å². The Labute approximate surface area is 124 Å². The van der Waals surface area contributed by atoms with Gasteiger partial charge in [-0.3, -0.25) is 4.79 Å². The van der Waals surface area contributed by atoms with Crippen LogP contribution < -0.4 is 10.5 Å². The molecule has 0 radical (unpaired) electrons. The minimum atomic E-state index is -0.494. The molecule has 1 aliphatic heterocycles. The van der Waals surface area contributed by atoms with E-state index in [0.29, 0.717) is 30.1 Å². The Hall–Kier alpha value is -1.79. The molecule has 1 saturated heterocycles. The van der Waals surface area contributed by atoms with Crippen LogP contribution in [0.5, 0.6) is 5.75 Å². The zero-order chi connectivity index (χ0) is 15.6. The van der Waals surface area contributed by atoms with Crippen LogP contribution in [-0.4, -0.2) is 54.4 Å². The quantitative estimate of drug-likeness (QED) is 0.809. The van der Waals surface area contributed by atoms with Crippen molar-refractivity contribution in [3.05, 3.63) is 23.8 Å². The number of methoxy groups -OCH3 is 1. The van der Waals surface area contributed by atoms with Gasteiger partial charge in [-0.1, -0.05) is 0 Å². The molecule has 6 nitrogen and oxygen atoms in total. The number of nitrogens with zero attached hydrogens (tertiary/aromatic N) is 1. The van der Waals surface area contributed by atoms with E-state index >= 15 is 0 Å². The minimum Gasteiger partial charge on any atom is -0.497 e. The summed E-state index contributed by atoms with van der Waals surface area (Å²) in [5.74, 6) is 0.403. The van der Waals surface area contributed by atoms with Crippen LogP contribution in [0.25, 0.3) is 0 Å². The van der Waals surface area contributed by atoms with E-state index in [9.17, 15) is 9.90 Å². The van der Waals surface area contributed by atoms with E-state index < -0.39 is 5.60 Å². The van der Waals surface area contributed by atoms with Crippen molar-refractivity contribution in [2.45, 2.75) is 25.6 Å². The second kappa shape index (κ2) is 5.91. The number of morpholine rings is 1. The van der Waals surface area contributed by atoms with Crippen molar-refractivity contribution in [1.29, 1.82) is 0 Å². The standard InChI is InChI=1S/C15H22N2O4/c1-15(2)9-17(7-13(8-18)21-15)14(19)10-4-11(16)6-12(5-10)20-3/h4-6,13,18H,7-9,16H2,1-3H3. The summed E-state index contributed by atoms with van der Waals surface area (Å²) in [6, 6.07) is 4.95. The van der Waals surface area contributed by atoms with Crippen LogP contribution in [0.15, 0.2) is 18.2 Å². The number of aliphatic hydroxyl groups excluding tert-OH is 1. The largest absolute Gasteiger partial charge is 0.497 e. The molecule has 116 valence electrons. The van der Waals surface area contributed by atoms with Crippen molar-refractivity contribution in [3.63, 3.8) is 0 Å². The van der Waals surface area contributed by atoms with Gasteiger partial charge in [0, 0.05) is 30.4 Å². The zero-order valence-corrected chi connectivity index (χ0v) is 12.6. The molecular weight excluding hydrogens is 272 g/mol. The van der Waals surface area contributed by atoms with E-state index in [-0.39, 0.29) is 18.6 Å². The van der Waals surface area contributed by atoms with E-state index in [1.807, 2.05) is 13.8 Å². The normalized spacial score (nSPS) is 21.1. The molecule has 0 aliphatic carbocycles. The van der Waals surface area contributed by atoms with E-state index in [0.717, 1.165) is 0 Å². The van der Waals surface area contributed by atoms with Gasteiger partial charge in [-0.2, -0.15) is 0 Å². The lowest BCUT2D eigenvalue weighted by Crippen LogP contribution is -2.55. The number of nitrogens with two attached hydrogens (primary N) is 1. The Balaban J connectivity index is 2.24. The van der Waals surface area contributed by atoms with Gasteiger partial charge >= 0.3 is 0 Å². The second-order valence-corrected chi connectivity index (χ2v) is 5.86. The van der Waals surface area contributed by atoms with Crippen molar-refractivity contribution in [3.8, 4) is 5.75 Å². The number of ether oxygens (including phenoxy) is 2. The molecule has 1 fully saturated rings. The van der Waals surface area contributed by atoms with Crippen LogP contribution in [0, 0.1) is 0 Å². The molecule has 1 atom stereocenters. The fourth-order valence-corrected chi connectivity index (χ4v) is 2.59. The van der Waals surface area contributed by atoms with Crippen LogP contribution >= 0.6 is 0 Å². The van der Waals surface area contributed by atoms with Crippen LogP contribution in [0.2, 0.25) is 0 Å². The van der Waals surface area contributed by atoms with Crippen LogP contribution in [-0.2, 0) is 4.74 Å². The van der Waals surface area contributed by atoms with Crippen LogP contribution in [0.4, 0.5) is 5.69 Å². The number of aliphatic hydroxyl groups is 1. The molecule has 1 aliphatic rings. The molecule has 0 saturated carbocycles. The molecule has 1 heterocycles. The first kappa shape index (κ1) is 15.6. The number of benzene rings is 1.